The molecule has 0 spiro atoms. The van der Waals surface area contributed by atoms with Crippen molar-refractivity contribution >= 4 is 28.5 Å². The van der Waals surface area contributed by atoms with Crippen molar-refractivity contribution in [2.45, 2.75) is 74.3 Å². The van der Waals surface area contributed by atoms with Gasteiger partial charge in [-0.3, -0.25) is 9.00 Å². The first-order valence-electron chi connectivity index (χ1n) is 13.5. The number of carbonyl (C=O) groups excluding carboxylic acids is 2. The molecule has 1 heterocycles. The molecule has 1 aromatic carbocycles. The zero-order valence-corrected chi connectivity index (χ0v) is 25.4. The van der Waals surface area contributed by atoms with Crippen molar-refractivity contribution in [1.82, 2.24) is 10.2 Å². The molecule has 0 bridgehead atoms. The fraction of sp³-hybridized carbons (Fsp3) is 0.714. The quantitative estimate of drug-likeness (QED) is 0.493. The van der Waals surface area contributed by atoms with Crippen molar-refractivity contribution in [1.29, 1.82) is 0 Å². The van der Waals surface area contributed by atoms with Crippen LogP contribution in [-0.2, 0) is 20.3 Å². The van der Waals surface area contributed by atoms with E-state index in [9.17, 15) is 13.8 Å². The second-order valence-corrected chi connectivity index (χ2v) is 11.7. The Hall–Kier alpha value is -2.29. The van der Waals surface area contributed by atoms with Gasteiger partial charge in [0.15, 0.2) is 0 Å². The van der Waals surface area contributed by atoms with Crippen molar-refractivity contribution in [2.24, 2.45) is 5.92 Å². The van der Waals surface area contributed by atoms with Gasteiger partial charge < -0.3 is 24.6 Å². The van der Waals surface area contributed by atoms with Crippen LogP contribution in [0.2, 0.25) is 0 Å². The van der Waals surface area contributed by atoms with E-state index < -0.39 is 22.5 Å². The Morgan fingerprint density at radius 2 is 1.62 bits per heavy atom. The first kappa shape index (κ1) is 34.7. The van der Waals surface area contributed by atoms with E-state index in [0.29, 0.717) is 19.7 Å². The number of carbonyl (C=O) groups is 2. The molecule has 2 amide bonds. The van der Waals surface area contributed by atoms with Crippen LogP contribution in [0.3, 0.4) is 0 Å². The summed E-state index contributed by atoms with van der Waals surface area (Å²) in [5.41, 5.74) is 0.528. The van der Waals surface area contributed by atoms with Gasteiger partial charge in [-0.15, -0.1) is 0 Å². The molecule has 9 heteroatoms. The third kappa shape index (κ3) is 17.0. The molecule has 214 valence electrons. The third-order valence-corrected chi connectivity index (χ3v) is 5.87. The smallest absolute Gasteiger partial charge is 0.407 e. The number of nitrogens with one attached hydrogen (secondary N) is 1. The Kier molecular flexibility index (Phi) is 17.7. The standard InChI is InChI=1S/C22H35N3O5S.C4H10.C2H6/c1-5-29-19-9-7-18(8-10-19)24-12-6-13-25(15-14-24)20(26)17-31(28)16-11-23-21(27)30-22(2,3)4;1-4(2)3;1-2/h7-10H,5-6,11-17H2,1-4H3,(H,23,27);4H,1-3H3;1-2H3. The summed E-state index contributed by atoms with van der Waals surface area (Å²) in [7, 11) is -1.34. The lowest BCUT2D eigenvalue weighted by molar-refractivity contribution is -0.128. The first-order valence-corrected chi connectivity index (χ1v) is 15.0. The van der Waals surface area contributed by atoms with Crippen LogP contribution in [-0.4, -0.2) is 77.5 Å². The lowest BCUT2D eigenvalue weighted by atomic mass is 10.2. The van der Waals surface area contributed by atoms with Crippen LogP contribution in [0.15, 0.2) is 24.3 Å². The molecule has 1 fully saturated rings. The number of ether oxygens (including phenoxy) is 2. The highest BCUT2D eigenvalue weighted by molar-refractivity contribution is 7.85. The van der Waals surface area contributed by atoms with Gasteiger partial charge in [0.25, 0.3) is 0 Å². The number of hydrogen-bond donors (Lipinski definition) is 1. The molecule has 37 heavy (non-hydrogen) atoms. The average Bonchev–Trinajstić information content (AvgIpc) is 3.06. The number of nitrogens with zero attached hydrogens (tertiary/aromatic N) is 2. The highest BCUT2D eigenvalue weighted by Gasteiger charge is 2.21. The molecule has 1 saturated heterocycles. The van der Waals surface area contributed by atoms with E-state index in [1.54, 1.807) is 25.7 Å². The summed E-state index contributed by atoms with van der Waals surface area (Å²) in [5, 5.41) is 2.57. The molecule has 1 aliphatic heterocycles. The van der Waals surface area contributed by atoms with E-state index >= 15 is 0 Å². The van der Waals surface area contributed by atoms with Crippen LogP contribution in [0.5, 0.6) is 5.75 Å². The molecular weight excluding hydrogens is 490 g/mol. The van der Waals surface area contributed by atoms with E-state index in [0.717, 1.165) is 36.9 Å². The molecule has 1 aromatic rings. The third-order valence-electron chi connectivity index (χ3n) is 4.64. The molecule has 0 radical (unpaired) electrons. The van der Waals surface area contributed by atoms with Crippen molar-refractivity contribution in [3.05, 3.63) is 24.3 Å². The minimum atomic E-state index is -1.34. The summed E-state index contributed by atoms with van der Waals surface area (Å²) >= 11 is 0. The molecule has 1 unspecified atom stereocenters. The molecular formula is C28H51N3O5S. The molecule has 1 N–H and O–H groups in total. The number of rotatable bonds is 8. The highest BCUT2D eigenvalue weighted by atomic mass is 32.2. The SMILES string of the molecule is CC.CC(C)C.CCOc1ccc(N2CCCN(C(=O)CS(=O)CCNC(=O)OC(C)(C)C)CC2)cc1. The van der Waals surface area contributed by atoms with Gasteiger partial charge in [0.1, 0.15) is 17.1 Å². The van der Waals surface area contributed by atoms with Gasteiger partial charge in [-0.25, -0.2) is 4.79 Å². The van der Waals surface area contributed by atoms with Gasteiger partial charge in [-0.1, -0.05) is 34.6 Å². The van der Waals surface area contributed by atoms with E-state index in [1.165, 1.54) is 0 Å². The molecule has 0 aliphatic carbocycles. The van der Waals surface area contributed by atoms with Crippen molar-refractivity contribution in [3.63, 3.8) is 0 Å². The zero-order chi connectivity index (χ0) is 28.4. The summed E-state index contributed by atoms with van der Waals surface area (Å²) in [5.74, 6) is 1.77. The number of hydrogen-bond acceptors (Lipinski definition) is 6. The van der Waals surface area contributed by atoms with Crippen LogP contribution in [0.25, 0.3) is 0 Å². The summed E-state index contributed by atoms with van der Waals surface area (Å²) in [4.78, 5) is 28.3. The van der Waals surface area contributed by atoms with Gasteiger partial charge in [0, 0.05) is 55.0 Å². The maximum Gasteiger partial charge on any atom is 0.407 e. The van der Waals surface area contributed by atoms with Gasteiger partial charge in [0.2, 0.25) is 5.91 Å². The Labute approximate surface area is 227 Å². The number of amides is 2. The van der Waals surface area contributed by atoms with E-state index in [1.807, 2.05) is 45.0 Å². The van der Waals surface area contributed by atoms with Gasteiger partial charge in [-0.2, -0.15) is 0 Å². The van der Waals surface area contributed by atoms with E-state index in [2.05, 4.69) is 31.0 Å². The van der Waals surface area contributed by atoms with Crippen molar-refractivity contribution in [3.8, 4) is 5.75 Å². The maximum atomic E-state index is 12.6. The van der Waals surface area contributed by atoms with Crippen LogP contribution >= 0.6 is 0 Å². The Balaban J connectivity index is 0.00000196. The Bertz CT molecular complexity index is 791. The molecule has 2 rings (SSSR count). The molecule has 0 aromatic heterocycles. The van der Waals surface area contributed by atoms with Crippen LogP contribution in [0.4, 0.5) is 10.5 Å². The molecule has 8 nitrogen and oxygen atoms in total. The minimum Gasteiger partial charge on any atom is -0.494 e. The summed E-state index contributed by atoms with van der Waals surface area (Å²) < 4.78 is 22.9. The van der Waals surface area contributed by atoms with Crippen molar-refractivity contribution in [2.75, 3.05) is 55.7 Å². The van der Waals surface area contributed by atoms with E-state index in [-0.39, 0.29) is 24.0 Å². The summed E-state index contributed by atoms with van der Waals surface area (Å²) in [6.45, 7) is 21.5. The van der Waals surface area contributed by atoms with Crippen LogP contribution in [0, 0.1) is 5.92 Å². The van der Waals surface area contributed by atoms with Crippen LogP contribution in [0.1, 0.15) is 68.7 Å². The summed E-state index contributed by atoms with van der Waals surface area (Å²) in [6, 6.07) is 7.99. The molecule has 0 saturated carbocycles. The second-order valence-electron chi connectivity index (χ2n) is 10.1. The predicted octanol–water partition coefficient (Wildman–Crippen LogP) is 5.09. The van der Waals surface area contributed by atoms with E-state index in [4.69, 9.17) is 9.47 Å². The largest absolute Gasteiger partial charge is 0.494 e. The average molecular weight is 542 g/mol. The highest BCUT2D eigenvalue weighted by Crippen LogP contribution is 2.21. The first-order chi connectivity index (χ1) is 17.4. The maximum absolute atomic E-state index is 12.6. The number of anilines is 1. The van der Waals surface area contributed by atoms with Crippen LogP contribution < -0.4 is 15.0 Å². The molecule has 1 atom stereocenters. The van der Waals surface area contributed by atoms with Gasteiger partial charge in [0.05, 0.1) is 6.61 Å². The normalized spacial score (nSPS) is 14.3. The molecule has 1 aliphatic rings. The zero-order valence-electron chi connectivity index (χ0n) is 24.6. The number of alkyl carbamates (subject to hydrolysis) is 1. The van der Waals surface area contributed by atoms with Crippen molar-refractivity contribution < 1.29 is 23.3 Å². The second kappa shape index (κ2) is 18.9. The lowest BCUT2D eigenvalue weighted by Crippen LogP contribution is -2.39. The topological polar surface area (TPSA) is 88.2 Å². The minimum absolute atomic E-state index is 0.0287. The fourth-order valence-corrected chi connectivity index (χ4v) is 4.16. The van der Waals surface area contributed by atoms with Gasteiger partial charge in [-0.05, 0) is 64.3 Å². The lowest BCUT2D eigenvalue weighted by Gasteiger charge is -2.24. The van der Waals surface area contributed by atoms with Gasteiger partial charge >= 0.3 is 6.09 Å². The number of benzene rings is 1. The monoisotopic (exact) mass is 541 g/mol. The predicted molar refractivity (Wildman–Crippen MR) is 155 cm³/mol. The Morgan fingerprint density at radius 3 is 2.16 bits per heavy atom. The fourth-order valence-electron chi connectivity index (χ4n) is 3.23. The summed E-state index contributed by atoms with van der Waals surface area (Å²) in [6.07, 6.45) is 0.309. The Morgan fingerprint density at radius 1 is 1.03 bits per heavy atom.